The third-order valence-corrected chi connectivity index (χ3v) is 3.73. The zero-order chi connectivity index (χ0) is 15.0. The van der Waals surface area contributed by atoms with Crippen LogP contribution in [0.25, 0.3) is 11.3 Å². The van der Waals surface area contributed by atoms with E-state index in [9.17, 15) is 4.39 Å². The van der Waals surface area contributed by atoms with Gasteiger partial charge in [-0.1, -0.05) is 12.1 Å². The van der Waals surface area contributed by atoms with Gasteiger partial charge in [0.15, 0.2) is 0 Å². The summed E-state index contributed by atoms with van der Waals surface area (Å²) >= 11 is 0. The summed E-state index contributed by atoms with van der Waals surface area (Å²) in [4.78, 5) is 9.23. The normalized spacial score (nSPS) is 20.7. The number of hydrogen-bond donors (Lipinski definition) is 0. The molecule has 1 unspecified atom stereocenters. The lowest BCUT2D eigenvalue weighted by Gasteiger charge is -2.19. The first kappa shape index (κ1) is 13.7. The van der Waals surface area contributed by atoms with Crippen LogP contribution in [0.3, 0.4) is 0 Å². The molecular weight excluding hydrogens is 263 g/mol. The minimum atomic E-state index is -0.457. The number of rotatable bonds is 2. The SMILES string of the molecule is CC1=NC(C)(c2cccc(-c3ccc(C)cc3F)n2)C=C1. The van der Waals surface area contributed by atoms with Crippen LogP contribution < -0.4 is 0 Å². The highest BCUT2D eigenvalue weighted by Crippen LogP contribution is 2.31. The van der Waals surface area contributed by atoms with Gasteiger partial charge in [-0.05, 0) is 62.8 Å². The molecule has 3 heteroatoms. The van der Waals surface area contributed by atoms with E-state index in [2.05, 4.69) is 9.98 Å². The molecule has 1 atom stereocenters. The van der Waals surface area contributed by atoms with Crippen molar-refractivity contribution >= 4 is 5.71 Å². The number of pyridine rings is 1. The average Bonchev–Trinajstić information content (AvgIpc) is 2.80. The second-order valence-electron chi connectivity index (χ2n) is 5.63. The number of benzene rings is 1. The predicted molar refractivity (Wildman–Crippen MR) is 84.0 cm³/mol. The molecule has 0 N–H and O–H groups in total. The molecule has 106 valence electrons. The summed E-state index contributed by atoms with van der Waals surface area (Å²) < 4.78 is 14.1. The Morgan fingerprint density at radius 1 is 1.10 bits per heavy atom. The number of aryl methyl sites for hydroxylation is 1. The molecule has 0 saturated carbocycles. The van der Waals surface area contributed by atoms with Gasteiger partial charge in [-0.2, -0.15) is 0 Å². The van der Waals surface area contributed by atoms with Gasteiger partial charge < -0.3 is 0 Å². The van der Waals surface area contributed by atoms with Crippen molar-refractivity contribution in [3.63, 3.8) is 0 Å². The van der Waals surface area contributed by atoms with Gasteiger partial charge >= 0.3 is 0 Å². The van der Waals surface area contributed by atoms with Gasteiger partial charge in [0, 0.05) is 11.3 Å². The second-order valence-corrected chi connectivity index (χ2v) is 5.63. The lowest BCUT2D eigenvalue weighted by Crippen LogP contribution is -2.16. The first-order chi connectivity index (χ1) is 9.98. The molecule has 0 saturated heterocycles. The Balaban J connectivity index is 2.07. The molecule has 0 aliphatic carbocycles. The van der Waals surface area contributed by atoms with Crippen LogP contribution in [0.4, 0.5) is 4.39 Å². The Morgan fingerprint density at radius 2 is 1.90 bits per heavy atom. The van der Waals surface area contributed by atoms with Crippen molar-refractivity contribution in [2.45, 2.75) is 26.3 Å². The highest BCUT2D eigenvalue weighted by Gasteiger charge is 2.27. The number of aromatic nitrogens is 1. The maximum atomic E-state index is 14.1. The smallest absolute Gasteiger partial charge is 0.132 e. The van der Waals surface area contributed by atoms with Crippen molar-refractivity contribution in [1.29, 1.82) is 0 Å². The topological polar surface area (TPSA) is 25.2 Å². The van der Waals surface area contributed by atoms with E-state index in [4.69, 9.17) is 0 Å². The van der Waals surface area contributed by atoms with E-state index in [1.807, 2.05) is 57.2 Å². The Morgan fingerprint density at radius 3 is 2.57 bits per heavy atom. The molecule has 0 radical (unpaired) electrons. The third-order valence-electron chi connectivity index (χ3n) is 3.73. The molecule has 0 spiro atoms. The number of halogens is 1. The lowest BCUT2D eigenvalue weighted by atomic mass is 9.98. The fraction of sp³-hybridized carbons (Fsp3) is 0.222. The van der Waals surface area contributed by atoms with Crippen molar-refractivity contribution in [1.82, 2.24) is 4.98 Å². The van der Waals surface area contributed by atoms with E-state index in [0.717, 1.165) is 17.0 Å². The first-order valence-corrected chi connectivity index (χ1v) is 6.98. The molecule has 3 rings (SSSR count). The van der Waals surface area contributed by atoms with E-state index in [1.54, 1.807) is 6.07 Å². The number of aliphatic imine (C=N–C) groups is 1. The lowest BCUT2D eigenvalue weighted by molar-refractivity contribution is 0.617. The predicted octanol–water partition coefficient (Wildman–Crippen LogP) is 4.44. The van der Waals surface area contributed by atoms with Gasteiger partial charge in [0.25, 0.3) is 0 Å². The molecule has 2 aromatic rings. The zero-order valence-corrected chi connectivity index (χ0v) is 12.4. The highest BCUT2D eigenvalue weighted by atomic mass is 19.1. The second kappa shape index (κ2) is 4.92. The van der Waals surface area contributed by atoms with E-state index in [1.165, 1.54) is 6.07 Å². The molecule has 0 amide bonds. The molecule has 1 aliphatic rings. The largest absolute Gasteiger partial charge is 0.273 e. The van der Waals surface area contributed by atoms with Crippen LogP contribution in [0.15, 0.2) is 53.5 Å². The van der Waals surface area contributed by atoms with Crippen LogP contribution in [0, 0.1) is 12.7 Å². The number of allylic oxidation sites excluding steroid dienone is 1. The Bertz CT molecular complexity index is 762. The third kappa shape index (κ3) is 2.51. The fourth-order valence-corrected chi connectivity index (χ4v) is 2.56. The van der Waals surface area contributed by atoms with Gasteiger partial charge in [-0.25, -0.2) is 9.37 Å². The molecular formula is C18H17FN2. The number of hydrogen-bond acceptors (Lipinski definition) is 2. The van der Waals surface area contributed by atoms with Crippen LogP contribution in [-0.4, -0.2) is 10.7 Å². The molecule has 1 aromatic heterocycles. The summed E-state index contributed by atoms with van der Waals surface area (Å²) in [6.07, 6.45) is 4.01. The van der Waals surface area contributed by atoms with E-state index < -0.39 is 5.54 Å². The summed E-state index contributed by atoms with van der Waals surface area (Å²) in [5.74, 6) is -0.244. The minimum absolute atomic E-state index is 0.244. The Kier molecular flexibility index (Phi) is 3.20. The van der Waals surface area contributed by atoms with Crippen LogP contribution in [0.2, 0.25) is 0 Å². The van der Waals surface area contributed by atoms with Crippen molar-refractivity contribution < 1.29 is 4.39 Å². The van der Waals surface area contributed by atoms with E-state index in [0.29, 0.717) is 11.3 Å². The maximum Gasteiger partial charge on any atom is 0.132 e. The summed E-state index contributed by atoms with van der Waals surface area (Å²) in [7, 11) is 0. The quantitative estimate of drug-likeness (QED) is 0.798. The van der Waals surface area contributed by atoms with Gasteiger partial charge in [-0.3, -0.25) is 4.99 Å². The highest BCUT2D eigenvalue weighted by molar-refractivity contribution is 5.95. The monoisotopic (exact) mass is 280 g/mol. The van der Waals surface area contributed by atoms with Crippen LogP contribution >= 0.6 is 0 Å². The Hall–Kier alpha value is -2.29. The maximum absolute atomic E-state index is 14.1. The molecule has 2 heterocycles. The fourth-order valence-electron chi connectivity index (χ4n) is 2.56. The molecule has 21 heavy (non-hydrogen) atoms. The van der Waals surface area contributed by atoms with Crippen LogP contribution in [0.5, 0.6) is 0 Å². The zero-order valence-electron chi connectivity index (χ0n) is 12.4. The standard InChI is InChI=1S/C18H17FN2/c1-12-7-8-14(15(19)11-12)16-5-4-6-17(20-16)18(3)10-9-13(2)21-18/h4-11H,1-3H3. The van der Waals surface area contributed by atoms with Gasteiger partial charge in [0.1, 0.15) is 11.4 Å². The molecule has 2 nitrogen and oxygen atoms in total. The van der Waals surface area contributed by atoms with E-state index in [-0.39, 0.29) is 5.82 Å². The Labute approximate surface area is 124 Å². The summed E-state index contributed by atoms with van der Waals surface area (Å²) in [6.45, 7) is 5.85. The van der Waals surface area contributed by atoms with Crippen LogP contribution in [-0.2, 0) is 5.54 Å². The van der Waals surface area contributed by atoms with Crippen LogP contribution in [0.1, 0.15) is 25.1 Å². The van der Waals surface area contributed by atoms with Gasteiger partial charge in [0.05, 0.1) is 11.4 Å². The summed E-state index contributed by atoms with van der Waals surface area (Å²) in [5, 5.41) is 0. The summed E-state index contributed by atoms with van der Waals surface area (Å²) in [6, 6.07) is 10.9. The van der Waals surface area contributed by atoms with E-state index >= 15 is 0 Å². The van der Waals surface area contributed by atoms with Gasteiger partial charge in [-0.15, -0.1) is 0 Å². The van der Waals surface area contributed by atoms with Crippen molar-refractivity contribution in [3.8, 4) is 11.3 Å². The van der Waals surface area contributed by atoms with Crippen molar-refractivity contribution in [2.75, 3.05) is 0 Å². The molecule has 0 fully saturated rings. The number of nitrogens with zero attached hydrogens (tertiary/aromatic N) is 2. The van der Waals surface area contributed by atoms with Gasteiger partial charge in [0.2, 0.25) is 0 Å². The minimum Gasteiger partial charge on any atom is -0.273 e. The van der Waals surface area contributed by atoms with Crippen molar-refractivity contribution in [2.24, 2.45) is 4.99 Å². The average molecular weight is 280 g/mol. The first-order valence-electron chi connectivity index (χ1n) is 6.98. The molecule has 0 bridgehead atoms. The van der Waals surface area contributed by atoms with Crippen molar-refractivity contribution in [3.05, 3.63) is 65.6 Å². The summed E-state index contributed by atoms with van der Waals surface area (Å²) in [5.41, 5.74) is 3.41. The molecule has 1 aromatic carbocycles. The molecule has 1 aliphatic heterocycles.